The van der Waals surface area contributed by atoms with Crippen molar-refractivity contribution in [1.82, 2.24) is 13.7 Å². The number of ether oxygens (including phenoxy) is 1. The second-order valence-corrected chi connectivity index (χ2v) is 37.3. The molecule has 3 aliphatic rings. The van der Waals surface area contributed by atoms with Crippen LogP contribution in [0, 0.1) is 0 Å². The van der Waals surface area contributed by atoms with Crippen molar-refractivity contribution in [2.75, 3.05) is 9.80 Å². The molecule has 0 N–H and O–H groups in total. The predicted octanol–water partition coefficient (Wildman–Crippen LogP) is 35.0. The standard InChI is InChI=1S/2C42H26N2S.C39H27NO/c2*1-2-12-27(13-3-1)43-37-20-10-11-21-40(37)45-42-39(43)25-24-38-41(42)34-18-8-9-19-36(34)44(38)28-22-23-33-31-16-5-4-14-29(31)30-15-6-7-17-32(30)35(33)26-28;1-39(2)32-16-8-10-18-35(32)41-36-22-21-34-37(38(36)39)30-15-7-9-17-33(30)40(34)24-19-20-29-27-13-4-3-11-25(27)26-12-5-6-14-28(26)31(29)23-24/h2*1-26H;3-23H,1-2H3. The first-order valence-corrected chi connectivity index (χ1v) is 46.7. The fraction of sp³-hybridized carbons (Fsp3) is 0.0244. The number of benzene rings is 23. The maximum Gasteiger partial charge on any atom is 0.132 e. The summed E-state index contributed by atoms with van der Waals surface area (Å²) in [5.41, 5.74) is 20.3. The molecule has 3 aliphatic heterocycles. The van der Waals surface area contributed by atoms with Crippen LogP contribution in [0.2, 0.25) is 0 Å². The topological polar surface area (TPSA) is 30.5 Å². The quantitative estimate of drug-likeness (QED) is 0.160. The largest absolute Gasteiger partial charge is 0.457 e. The lowest BCUT2D eigenvalue weighted by atomic mass is 9.74. The Morgan fingerprint density at radius 3 is 0.855 bits per heavy atom. The zero-order valence-electron chi connectivity index (χ0n) is 71.6. The molecule has 0 atom stereocenters. The molecule has 0 unspecified atom stereocenters. The molecule has 0 saturated carbocycles. The Morgan fingerprint density at radius 1 is 0.198 bits per heavy atom. The van der Waals surface area contributed by atoms with Gasteiger partial charge in [0.1, 0.15) is 11.5 Å². The third kappa shape index (κ3) is 11.4. The maximum absolute atomic E-state index is 6.52. The maximum atomic E-state index is 6.52. The molecule has 0 bridgehead atoms. The summed E-state index contributed by atoms with van der Waals surface area (Å²) in [4.78, 5) is 9.95. The molecule has 6 heterocycles. The van der Waals surface area contributed by atoms with Crippen LogP contribution in [0.1, 0.15) is 25.0 Å². The highest BCUT2D eigenvalue weighted by molar-refractivity contribution is 8.00. The minimum Gasteiger partial charge on any atom is -0.457 e. The second kappa shape index (κ2) is 29.5. The number of hydrogen-bond donors (Lipinski definition) is 0. The van der Waals surface area contributed by atoms with Gasteiger partial charge in [-0.3, -0.25) is 0 Å². The average molecular weight is 1710 g/mol. The Kier molecular flexibility index (Phi) is 16.9. The molecule has 0 amide bonds. The van der Waals surface area contributed by atoms with E-state index in [4.69, 9.17) is 4.74 Å². The average Bonchev–Trinajstić information content (AvgIpc) is 1.57. The van der Waals surface area contributed by atoms with Gasteiger partial charge < -0.3 is 28.2 Å². The van der Waals surface area contributed by atoms with E-state index in [0.29, 0.717) is 0 Å². The van der Waals surface area contributed by atoms with Gasteiger partial charge in [0.15, 0.2) is 0 Å². The lowest BCUT2D eigenvalue weighted by Crippen LogP contribution is -2.24. The van der Waals surface area contributed by atoms with Gasteiger partial charge in [0, 0.05) is 96.9 Å². The van der Waals surface area contributed by atoms with Gasteiger partial charge in [-0.15, -0.1) is 0 Å². The lowest BCUT2D eigenvalue weighted by Gasteiger charge is -2.35. The zero-order valence-corrected chi connectivity index (χ0v) is 73.2. The van der Waals surface area contributed by atoms with Crippen molar-refractivity contribution in [3.63, 3.8) is 0 Å². The third-order valence-electron chi connectivity index (χ3n) is 27.9. The lowest BCUT2D eigenvalue weighted by molar-refractivity contribution is 0.420. The zero-order chi connectivity index (χ0) is 86.3. The van der Waals surface area contributed by atoms with Crippen molar-refractivity contribution in [3.8, 4) is 28.6 Å². The van der Waals surface area contributed by atoms with Gasteiger partial charge in [0.25, 0.3) is 0 Å². The van der Waals surface area contributed by atoms with E-state index in [9.17, 15) is 0 Å². The summed E-state index contributed by atoms with van der Waals surface area (Å²) in [6.07, 6.45) is 0. The highest BCUT2D eigenvalue weighted by Crippen LogP contribution is 2.59. The van der Waals surface area contributed by atoms with E-state index in [1.54, 1.807) is 0 Å². The molecule has 0 spiro atoms. The molecule has 26 aromatic rings. The van der Waals surface area contributed by atoms with Crippen LogP contribution in [-0.2, 0) is 5.41 Å². The summed E-state index contributed by atoms with van der Waals surface area (Å²) in [6.45, 7) is 4.65. The highest BCUT2D eigenvalue weighted by Gasteiger charge is 2.38. The third-order valence-corrected chi connectivity index (χ3v) is 30.2. The van der Waals surface area contributed by atoms with Crippen LogP contribution in [0.4, 0.5) is 34.1 Å². The van der Waals surface area contributed by atoms with Crippen LogP contribution in [-0.4, -0.2) is 13.7 Å². The first-order chi connectivity index (χ1) is 64.8. The van der Waals surface area contributed by atoms with Crippen LogP contribution < -0.4 is 14.5 Å². The smallest absolute Gasteiger partial charge is 0.132 e. The van der Waals surface area contributed by atoms with E-state index in [-0.39, 0.29) is 5.41 Å². The minimum atomic E-state index is -0.211. The molecule has 0 saturated heterocycles. The summed E-state index contributed by atoms with van der Waals surface area (Å²) in [7, 11) is 0. The Balaban J connectivity index is 0.000000101. The Bertz CT molecular complexity index is 8870. The molecule has 3 aromatic heterocycles. The molecular weight excluding hydrogens is 1630 g/mol. The molecule has 6 nitrogen and oxygen atoms in total. The van der Waals surface area contributed by atoms with Crippen LogP contribution in [0.25, 0.3) is 179 Å². The molecular formula is C123H79N5OS2. The van der Waals surface area contributed by atoms with E-state index in [0.717, 1.165) is 11.5 Å². The monoisotopic (exact) mass is 1710 g/mol. The van der Waals surface area contributed by atoms with Crippen molar-refractivity contribution in [1.29, 1.82) is 0 Å². The molecule has 8 heteroatoms. The van der Waals surface area contributed by atoms with E-state index >= 15 is 0 Å². The van der Waals surface area contributed by atoms with Crippen LogP contribution in [0.5, 0.6) is 11.5 Å². The molecule has 131 heavy (non-hydrogen) atoms. The van der Waals surface area contributed by atoms with Gasteiger partial charge in [-0.1, -0.05) is 335 Å². The first-order valence-electron chi connectivity index (χ1n) is 45.0. The highest BCUT2D eigenvalue weighted by atomic mass is 32.2. The molecule has 614 valence electrons. The number of para-hydroxylation sites is 8. The Morgan fingerprint density at radius 2 is 0.481 bits per heavy atom. The van der Waals surface area contributed by atoms with Gasteiger partial charge in [-0.05, 0) is 243 Å². The van der Waals surface area contributed by atoms with Crippen molar-refractivity contribution in [3.05, 3.63) is 454 Å². The van der Waals surface area contributed by atoms with E-state index in [1.807, 2.05) is 23.5 Å². The van der Waals surface area contributed by atoms with Gasteiger partial charge in [-0.25, -0.2) is 0 Å². The van der Waals surface area contributed by atoms with Crippen molar-refractivity contribution in [2.45, 2.75) is 38.8 Å². The fourth-order valence-electron chi connectivity index (χ4n) is 22.3. The van der Waals surface area contributed by atoms with E-state index in [2.05, 4.69) is 480 Å². The molecule has 0 aliphatic carbocycles. The number of nitrogens with zero attached hydrogens (tertiary/aromatic N) is 5. The van der Waals surface area contributed by atoms with E-state index < -0.39 is 0 Å². The van der Waals surface area contributed by atoms with Crippen molar-refractivity contribution >= 4 is 220 Å². The van der Waals surface area contributed by atoms with Gasteiger partial charge >= 0.3 is 0 Å². The summed E-state index contributed by atoms with van der Waals surface area (Å²) in [5.74, 6) is 1.89. The van der Waals surface area contributed by atoms with E-state index in [1.165, 1.54) is 244 Å². The predicted molar refractivity (Wildman–Crippen MR) is 556 cm³/mol. The van der Waals surface area contributed by atoms with Crippen LogP contribution in [0.15, 0.2) is 462 Å². The number of fused-ring (bicyclic) bond motifs is 36. The van der Waals surface area contributed by atoms with Gasteiger partial charge in [0.2, 0.25) is 0 Å². The normalized spacial score (nSPS) is 13.1. The number of hydrogen-bond acceptors (Lipinski definition) is 5. The number of anilines is 6. The molecule has 29 rings (SSSR count). The SMILES string of the molecule is CC1(C)c2ccccc2Oc2ccc3c(c21)c1ccccc1n3-c1ccc2c3ccccc3c3ccccc3c2c1.c1ccc(N2c3ccccc3Sc3c2ccc2c3c3ccccc3n2-c2ccc3c4ccccc4c4ccccc4c3c2)cc1.c1ccc(N2c3ccccc3Sc3c2ccc2c3c3ccccc3n2-c2ccc3c4ccccc4c4ccccc4c3c2)cc1. The van der Waals surface area contributed by atoms with Crippen LogP contribution >= 0.6 is 23.5 Å². The summed E-state index contributed by atoms with van der Waals surface area (Å²) in [6, 6.07) is 161. The molecule has 0 fully saturated rings. The van der Waals surface area contributed by atoms with Crippen molar-refractivity contribution < 1.29 is 4.74 Å². The van der Waals surface area contributed by atoms with Gasteiger partial charge in [0.05, 0.1) is 55.8 Å². The van der Waals surface area contributed by atoms with Gasteiger partial charge in [-0.2, -0.15) is 0 Å². The molecule has 0 radical (unpaired) electrons. The minimum absolute atomic E-state index is 0.211. The Hall–Kier alpha value is -16.1. The fourth-order valence-corrected chi connectivity index (χ4v) is 24.7. The number of aromatic nitrogens is 3. The summed E-state index contributed by atoms with van der Waals surface area (Å²) < 4.78 is 13.9. The summed E-state index contributed by atoms with van der Waals surface area (Å²) in [5, 5.41) is 30.9. The molecule has 23 aromatic carbocycles. The van der Waals surface area contributed by atoms with Crippen molar-refractivity contribution in [2.24, 2.45) is 0 Å². The second-order valence-electron chi connectivity index (χ2n) is 35.2. The first kappa shape index (κ1) is 75.1. The Labute approximate surface area is 763 Å². The summed E-state index contributed by atoms with van der Waals surface area (Å²) >= 11 is 3.77. The van der Waals surface area contributed by atoms with Crippen LogP contribution in [0.3, 0.4) is 0 Å². The number of rotatable bonds is 5.